The first-order valence-corrected chi connectivity index (χ1v) is 16.0. The summed E-state index contributed by atoms with van der Waals surface area (Å²) in [4.78, 5) is 57.9. The topological polar surface area (TPSA) is 143 Å². The summed E-state index contributed by atoms with van der Waals surface area (Å²) in [7, 11) is -4.12. The fraction of sp³-hybridized carbons (Fsp3) is 0.464. The van der Waals surface area contributed by atoms with Crippen LogP contribution in [0.4, 0.5) is 4.39 Å². The van der Waals surface area contributed by atoms with Crippen LogP contribution in [0.1, 0.15) is 51.1 Å². The number of halogens is 3. The third kappa shape index (κ3) is 5.76. The normalized spacial score (nSPS) is 21.9. The van der Waals surface area contributed by atoms with Crippen LogP contribution in [0.25, 0.3) is 0 Å². The molecule has 0 spiro atoms. The van der Waals surface area contributed by atoms with Gasteiger partial charge >= 0.3 is 0 Å². The maximum absolute atomic E-state index is 14.9. The summed E-state index contributed by atoms with van der Waals surface area (Å²) >= 11 is 12.1. The lowest BCUT2D eigenvalue weighted by Gasteiger charge is -2.29. The molecule has 1 saturated heterocycles. The van der Waals surface area contributed by atoms with Gasteiger partial charge in [0.15, 0.2) is 9.84 Å². The van der Waals surface area contributed by atoms with E-state index in [1.165, 1.54) is 24.4 Å². The minimum atomic E-state index is -4.12. The van der Waals surface area contributed by atoms with Crippen LogP contribution in [0.5, 0.6) is 0 Å². The Hall–Kier alpha value is -3.09. The van der Waals surface area contributed by atoms with Crippen LogP contribution < -0.4 is 10.6 Å². The predicted octanol–water partition coefficient (Wildman–Crippen LogP) is 2.75. The molecule has 2 aromatic rings. The molecule has 1 aromatic heterocycles. The number of carbonyl (C=O) groups excluding carboxylic acids is 4. The Morgan fingerprint density at radius 3 is 2.45 bits per heavy atom. The number of pyridine rings is 1. The molecule has 2 saturated carbocycles. The molecule has 3 aliphatic rings. The first-order chi connectivity index (χ1) is 19.9. The van der Waals surface area contributed by atoms with Crippen molar-refractivity contribution in [2.24, 2.45) is 0 Å². The van der Waals surface area contributed by atoms with Crippen molar-refractivity contribution in [1.29, 1.82) is 0 Å². The number of Topliss-reactive ketones (excluding diaryl/α,β-unsaturated/α-hetero) is 1. The number of likely N-dealkylation sites (tertiary alicyclic amines) is 1. The van der Waals surface area contributed by atoms with Crippen LogP contribution >= 0.6 is 23.2 Å². The first kappa shape index (κ1) is 30.4. The van der Waals surface area contributed by atoms with Gasteiger partial charge in [-0.25, -0.2) is 12.8 Å². The number of rotatable bonds is 10. The zero-order valence-corrected chi connectivity index (χ0v) is 24.9. The number of nitrogens with one attached hydrogen (secondary N) is 2. The van der Waals surface area contributed by atoms with E-state index in [0.717, 1.165) is 23.8 Å². The average molecular weight is 640 g/mol. The highest BCUT2D eigenvalue weighted by molar-refractivity contribution is 7.92. The van der Waals surface area contributed by atoms with Crippen molar-refractivity contribution < 1.29 is 32.0 Å². The molecule has 1 unspecified atom stereocenters. The fourth-order valence-corrected chi connectivity index (χ4v) is 7.69. The van der Waals surface area contributed by atoms with Gasteiger partial charge in [-0.3, -0.25) is 24.2 Å². The van der Waals surface area contributed by atoms with Gasteiger partial charge in [0, 0.05) is 18.8 Å². The summed E-state index contributed by atoms with van der Waals surface area (Å²) in [6.07, 6.45) is 3.03. The second kappa shape index (κ2) is 11.5. The zero-order chi connectivity index (χ0) is 30.4. The maximum Gasteiger partial charge on any atom is 0.289 e. The lowest BCUT2D eigenvalue weighted by atomic mass is 9.98. The number of carbonyl (C=O) groups is 4. The van der Waals surface area contributed by atoms with E-state index in [0.29, 0.717) is 0 Å². The molecule has 5 rings (SSSR count). The molecule has 3 atom stereocenters. The number of amides is 3. The third-order valence-electron chi connectivity index (χ3n) is 8.01. The standard InChI is InChI=1S/C28H29Cl2FN4O6S/c1-2-20(23(36)26(38)33-16-7-8-16)34-25(37)21-12-17(42(40,41)22-6-4-3-5-18(22)30)14-35(21)27(39)28(9-10-28)24-19(31)11-15(29)13-32-24/h3-6,11,13,16-17,20-21H,2,7-10,12,14H2,1H3,(H,33,38)(H,34,37)/t17-,20?,21+/m1/s1. The molecule has 224 valence electrons. The van der Waals surface area contributed by atoms with Gasteiger partial charge in [0.25, 0.3) is 5.91 Å². The minimum absolute atomic E-state index is 0.00676. The van der Waals surface area contributed by atoms with Crippen LogP contribution in [0.15, 0.2) is 41.4 Å². The number of hydrogen-bond acceptors (Lipinski definition) is 7. The summed E-state index contributed by atoms with van der Waals surface area (Å²) in [6.45, 7) is 1.25. The van der Waals surface area contributed by atoms with Crippen LogP contribution in [0.2, 0.25) is 10.0 Å². The largest absolute Gasteiger partial charge is 0.347 e. The molecule has 0 bridgehead atoms. The third-order valence-corrected chi connectivity index (χ3v) is 10.8. The SMILES string of the molecule is CCC(NC(=O)[C@@H]1C[C@@H](S(=O)(=O)c2ccccc2Cl)CN1C(=O)C1(c2ncc(Cl)cc2F)CC1)C(=O)C(=O)NC1CC1. The van der Waals surface area contributed by atoms with Gasteiger partial charge in [-0.2, -0.15) is 0 Å². The van der Waals surface area contributed by atoms with E-state index in [2.05, 4.69) is 15.6 Å². The molecule has 14 heteroatoms. The molecule has 1 aromatic carbocycles. The van der Waals surface area contributed by atoms with Crippen molar-refractivity contribution >= 4 is 56.5 Å². The molecule has 42 heavy (non-hydrogen) atoms. The number of hydrogen-bond donors (Lipinski definition) is 2. The summed E-state index contributed by atoms with van der Waals surface area (Å²) < 4.78 is 42.2. The lowest BCUT2D eigenvalue weighted by Crippen LogP contribution is -2.54. The number of benzene rings is 1. The van der Waals surface area contributed by atoms with E-state index in [4.69, 9.17) is 23.2 Å². The molecule has 2 aliphatic carbocycles. The lowest BCUT2D eigenvalue weighted by molar-refractivity contribution is -0.143. The minimum Gasteiger partial charge on any atom is -0.347 e. The van der Waals surface area contributed by atoms with Crippen molar-refractivity contribution in [3.63, 3.8) is 0 Å². The van der Waals surface area contributed by atoms with Gasteiger partial charge in [0.1, 0.15) is 11.9 Å². The van der Waals surface area contributed by atoms with Crippen LogP contribution in [-0.4, -0.2) is 71.7 Å². The van der Waals surface area contributed by atoms with E-state index < -0.39 is 61.9 Å². The van der Waals surface area contributed by atoms with Gasteiger partial charge in [0.05, 0.1) is 37.3 Å². The molecule has 0 radical (unpaired) electrons. The number of aromatic nitrogens is 1. The Bertz CT molecular complexity index is 1560. The summed E-state index contributed by atoms with van der Waals surface area (Å²) in [6, 6.07) is 4.34. The molecule has 2 heterocycles. The van der Waals surface area contributed by atoms with Crippen LogP contribution in [0, 0.1) is 5.82 Å². The predicted molar refractivity (Wildman–Crippen MR) is 151 cm³/mol. The molecule has 3 fully saturated rings. The molecular weight excluding hydrogens is 610 g/mol. The Balaban J connectivity index is 1.45. The van der Waals surface area contributed by atoms with E-state index >= 15 is 0 Å². The zero-order valence-electron chi connectivity index (χ0n) is 22.6. The smallest absolute Gasteiger partial charge is 0.289 e. The molecule has 3 amide bonds. The molecule has 10 nitrogen and oxygen atoms in total. The van der Waals surface area contributed by atoms with Gasteiger partial charge in [-0.1, -0.05) is 42.3 Å². The maximum atomic E-state index is 14.9. The van der Waals surface area contributed by atoms with Crippen molar-refractivity contribution in [2.75, 3.05) is 6.54 Å². The fourth-order valence-electron chi connectivity index (χ4n) is 5.33. The second-order valence-corrected chi connectivity index (χ2v) is 14.0. The van der Waals surface area contributed by atoms with Crippen molar-refractivity contribution in [1.82, 2.24) is 20.5 Å². The Labute approximate surface area is 252 Å². The van der Waals surface area contributed by atoms with Crippen molar-refractivity contribution in [3.8, 4) is 0 Å². The van der Waals surface area contributed by atoms with Gasteiger partial charge in [-0.05, 0) is 56.7 Å². The van der Waals surface area contributed by atoms with E-state index in [9.17, 15) is 32.0 Å². The number of ketones is 1. The van der Waals surface area contributed by atoms with E-state index in [1.807, 2.05) is 0 Å². The van der Waals surface area contributed by atoms with Crippen LogP contribution in [-0.2, 0) is 34.4 Å². The Morgan fingerprint density at radius 1 is 1.17 bits per heavy atom. The van der Waals surface area contributed by atoms with Crippen molar-refractivity contribution in [2.45, 2.75) is 79.1 Å². The summed E-state index contributed by atoms with van der Waals surface area (Å²) in [5, 5.41) is 3.97. The highest BCUT2D eigenvalue weighted by atomic mass is 35.5. The number of sulfone groups is 1. The molecule has 2 N–H and O–H groups in total. The van der Waals surface area contributed by atoms with Gasteiger partial charge in [0.2, 0.25) is 17.6 Å². The monoisotopic (exact) mass is 638 g/mol. The molecule has 1 aliphatic heterocycles. The second-order valence-electron chi connectivity index (χ2n) is 11.0. The van der Waals surface area contributed by atoms with Gasteiger partial charge < -0.3 is 15.5 Å². The van der Waals surface area contributed by atoms with E-state index in [-0.39, 0.29) is 58.9 Å². The summed E-state index contributed by atoms with van der Waals surface area (Å²) in [5.74, 6) is -3.88. The van der Waals surface area contributed by atoms with Crippen molar-refractivity contribution in [3.05, 3.63) is 58.1 Å². The van der Waals surface area contributed by atoms with Gasteiger partial charge in [-0.15, -0.1) is 0 Å². The Kier molecular flexibility index (Phi) is 8.34. The first-order valence-electron chi connectivity index (χ1n) is 13.6. The quantitative estimate of drug-likeness (QED) is 0.381. The molecular formula is C28H29Cl2FN4O6S. The van der Waals surface area contributed by atoms with Crippen LogP contribution in [0.3, 0.4) is 0 Å². The average Bonchev–Trinajstić information content (AvgIpc) is 3.88. The summed E-state index contributed by atoms with van der Waals surface area (Å²) in [5.41, 5.74) is -1.52. The highest BCUT2D eigenvalue weighted by Crippen LogP contribution is 2.51. The highest BCUT2D eigenvalue weighted by Gasteiger charge is 2.59. The van der Waals surface area contributed by atoms with E-state index in [1.54, 1.807) is 13.0 Å². The Morgan fingerprint density at radius 2 is 1.86 bits per heavy atom. The number of nitrogens with zero attached hydrogens (tertiary/aromatic N) is 2.